The van der Waals surface area contributed by atoms with Gasteiger partial charge >= 0.3 is 0 Å². The van der Waals surface area contributed by atoms with Crippen molar-refractivity contribution < 1.29 is 0 Å². The highest BCUT2D eigenvalue weighted by Crippen LogP contribution is 2.36. The number of hydrogen-bond donors (Lipinski definition) is 2. The molecule has 44 heavy (non-hydrogen) atoms. The van der Waals surface area contributed by atoms with Gasteiger partial charge in [0.1, 0.15) is 0 Å². The second kappa shape index (κ2) is 13.9. The zero-order valence-electron chi connectivity index (χ0n) is 24.5. The largest absolute Gasteiger partial charge is 0.355 e. The Hall–Kier alpha value is -5.86. The molecule has 0 unspecified atom stereocenters. The second-order valence-corrected chi connectivity index (χ2v) is 10.5. The molecule has 0 heterocycles. The molecule has 6 aromatic carbocycles. The maximum Gasteiger partial charge on any atom is 0.0464 e. The molecule has 0 aliphatic rings. The van der Waals surface area contributed by atoms with Crippen LogP contribution in [-0.4, -0.2) is 0 Å². The van der Waals surface area contributed by atoms with Crippen molar-refractivity contribution in [2.24, 2.45) is 0 Å². The van der Waals surface area contributed by atoms with Gasteiger partial charge in [-0.2, -0.15) is 0 Å². The minimum Gasteiger partial charge on any atom is -0.355 e. The summed E-state index contributed by atoms with van der Waals surface area (Å²) in [4.78, 5) is 0. The number of benzene rings is 6. The predicted molar refractivity (Wildman–Crippen MR) is 190 cm³/mol. The van der Waals surface area contributed by atoms with Gasteiger partial charge in [-0.25, -0.2) is 0 Å². The van der Waals surface area contributed by atoms with Gasteiger partial charge in [-0.15, -0.1) is 0 Å². The van der Waals surface area contributed by atoms with Gasteiger partial charge in [0.05, 0.1) is 0 Å². The van der Waals surface area contributed by atoms with Crippen molar-refractivity contribution in [3.8, 4) is 33.4 Å². The Kier molecular flexibility index (Phi) is 8.91. The fourth-order valence-electron chi connectivity index (χ4n) is 5.21. The summed E-state index contributed by atoms with van der Waals surface area (Å²) in [5, 5.41) is 7.27. The van der Waals surface area contributed by atoms with E-state index in [1.807, 2.05) is 36.4 Å². The number of anilines is 3. The monoisotopic (exact) mass is 566 g/mol. The summed E-state index contributed by atoms with van der Waals surface area (Å²) in [7, 11) is 0. The minimum absolute atomic E-state index is 1.01. The average Bonchev–Trinajstić information content (AvgIpc) is 3.10. The highest BCUT2D eigenvalue weighted by Gasteiger charge is 2.11. The third kappa shape index (κ3) is 6.95. The lowest BCUT2D eigenvalue weighted by molar-refractivity contribution is 1.50. The molecule has 2 nitrogen and oxygen atoms in total. The third-order valence-corrected chi connectivity index (χ3v) is 7.45. The van der Waals surface area contributed by atoms with E-state index in [2.05, 4.69) is 157 Å². The first kappa shape index (κ1) is 28.3. The predicted octanol–water partition coefficient (Wildman–Crippen LogP) is 11.6. The van der Waals surface area contributed by atoms with Crippen molar-refractivity contribution in [2.45, 2.75) is 0 Å². The van der Waals surface area contributed by atoms with Crippen LogP contribution in [0, 0.1) is 0 Å². The van der Waals surface area contributed by atoms with Crippen LogP contribution in [0.5, 0.6) is 0 Å². The number of para-hydroxylation sites is 1. The van der Waals surface area contributed by atoms with Crippen molar-refractivity contribution in [2.75, 3.05) is 10.6 Å². The summed E-state index contributed by atoms with van der Waals surface area (Å²) >= 11 is 0. The van der Waals surface area contributed by atoms with Gasteiger partial charge in [-0.1, -0.05) is 140 Å². The molecule has 0 saturated carbocycles. The maximum atomic E-state index is 3.81. The molecule has 0 aliphatic heterocycles. The number of nitrogens with one attached hydrogen (secondary N) is 2. The number of hydrogen-bond acceptors (Lipinski definition) is 2. The molecule has 0 aromatic heterocycles. The fourth-order valence-corrected chi connectivity index (χ4v) is 5.21. The lowest BCUT2D eigenvalue weighted by Gasteiger charge is -2.16. The molecule has 0 spiro atoms. The van der Waals surface area contributed by atoms with Crippen molar-refractivity contribution in [1.29, 1.82) is 0 Å². The Morgan fingerprint density at radius 3 is 1.77 bits per heavy atom. The van der Waals surface area contributed by atoms with E-state index < -0.39 is 0 Å². The van der Waals surface area contributed by atoms with Crippen molar-refractivity contribution in [1.82, 2.24) is 0 Å². The topological polar surface area (TPSA) is 24.1 Å². The molecule has 0 fully saturated rings. The summed E-state index contributed by atoms with van der Waals surface area (Å²) in [6, 6.07) is 55.2. The van der Waals surface area contributed by atoms with Gasteiger partial charge < -0.3 is 10.6 Å². The molecule has 0 amide bonds. The number of rotatable bonds is 10. The molecule has 0 aliphatic carbocycles. The van der Waals surface area contributed by atoms with Crippen LogP contribution in [0.1, 0.15) is 5.56 Å². The molecule has 2 N–H and O–H groups in total. The van der Waals surface area contributed by atoms with E-state index in [0.717, 1.165) is 50.6 Å². The summed E-state index contributed by atoms with van der Waals surface area (Å²) in [5.41, 5.74) is 12.3. The van der Waals surface area contributed by atoms with Gasteiger partial charge in [-0.3, -0.25) is 0 Å². The molecule has 0 radical (unpaired) electrons. The summed E-state index contributed by atoms with van der Waals surface area (Å²) < 4.78 is 0. The van der Waals surface area contributed by atoms with Crippen LogP contribution in [0.3, 0.4) is 0 Å². The fraction of sp³-hybridized carbons (Fsp3) is 0. The molecule has 2 heteroatoms. The maximum absolute atomic E-state index is 3.81. The number of allylic oxidation sites excluding steroid dienone is 4. The summed E-state index contributed by atoms with van der Waals surface area (Å²) in [6.07, 6.45) is 7.81. The quantitative estimate of drug-likeness (QED) is 0.161. The Balaban J connectivity index is 1.34. The van der Waals surface area contributed by atoms with Crippen molar-refractivity contribution in [3.63, 3.8) is 0 Å². The third-order valence-electron chi connectivity index (χ3n) is 7.45. The zero-order chi connectivity index (χ0) is 30.0. The average molecular weight is 567 g/mol. The lowest BCUT2D eigenvalue weighted by atomic mass is 9.95. The summed E-state index contributed by atoms with van der Waals surface area (Å²) in [5.74, 6) is 0. The lowest BCUT2D eigenvalue weighted by Crippen LogP contribution is -1.99. The first-order chi connectivity index (χ1) is 21.8. The van der Waals surface area contributed by atoms with Gasteiger partial charge in [0.15, 0.2) is 0 Å². The van der Waals surface area contributed by atoms with Crippen molar-refractivity contribution >= 4 is 22.8 Å². The molecular formula is C42H34N2. The van der Waals surface area contributed by atoms with Crippen LogP contribution < -0.4 is 10.6 Å². The summed E-state index contributed by atoms with van der Waals surface area (Å²) in [6.45, 7) is 3.81. The van der Waals surface area contributed by atoms with Crippen LogP contribution in [-0.2, 0) is 0 Å². The normalized spacial score (nSPS) is 11.3. The molecule has 6 rings (SSSR count). The molecule has 0 atom stereocenters. The highest BCUT2D eigenvalue weighted by atomic mass is 14.9. The molecule has 6 aromatic rings. The molecule has 0 saturated heterocycles. The first-order valence-electron chi connectivity index (χ1n) is 14.8. The van der Waals surface area contributed by atoms with E-state index in [9.17, 15) is 0 Å². The van der Waals surface area contributed by atoms with Crippen LogP contribution in [0.2, 0.25) is 0 Å². The van der Waals surface area contributed by atoms with Crippen LogP contribution in [0.15, 0.2) is 189 Å². The van der Waals surface area contributed by atoms with Gasteiger partial charge in [-0.05, 0) is 81.9 Å². The van der Waals surface area contributed by atoms with Crippen molar-refractivity contribution in [3.05, 3.63) is 194 Å². The SMILES string of the molecule is C=C/C=C\C=C(/Nc1ccccc1)c1cccc(-c2ccc(Nc3ccc(-c4ccccc4)cc3)c(-c3ccccc3)c2)c1. The van der Waals surface area contributed by atoms with E-state index in [0.29, 0.717) is 0 Å². The Morgan fingerprint density at radius 1 is 0.477 bits per heavy atom. The minimum atomic E-state index is 1.01. The van der Waals surface area contributed by atoms with E-state index in [1.165, 1.54) is 11.1 Å². The van der Waals surface area contributed by atoms with Crippen LogP contribution in [0.25, 0.3) is 39.1 Å². The van der Waals surface area contributed by atoms with E-state index >= 15 is 0 Å². The smallest absolute Gasteiger partial charge is 0.0464 e. The van der Waals surface area contributed by atoms with Crippen LogP contribution >= 0.6 is 0 Å². The van der Waals surface area contributed by atoms with Gasteiger partial charge in [0.2, 0.25) is 0 Å². The van der Waals surface area contributed by atoms with E-state index in [1.54, 1.807) is 6.08 Å². The van der Waals surface area contributed by atoms with E-state index in [4.69, 9.17) is 0 Å². The Morgan fingerprint density at radius 2 is 1.07 bits per heavy atom. The molecule has 212 valence electrons. The standard InChI is InChI=1S/C42H34N2/c1-2-3-7-23-41(43-38-21-12-6-13-22-38)37-20-14-19-35(30-37)36-26-29-42(40(31-36)34-17-10-5-11-18-34)44-39-27-24-33(25-28-39)32-15-8-4-9-16-32/h2-31,43-44H,1H2/b7-3-,41-23-. The Labute approximate surface area is 260 Å². The van der Waals surface area contributed by atoms with E-state index in [-0.39, 0.29) is 0 Å². The van der Waals surface area contributed by atoms with Crippen LogP contribution in [0.4, 0.5) is 17.1 Å². The Bertz CT molecular complexity index is 1890. The zero-order valence-corrected chi connectivity index (χ0v) is 24.5. The molecular weight excluding hydrogens is 532 g/mol. The first-order valence-corrected chi connectivity index (χ1v) is 14.8. The molecule has 0 bridgehead atoms. The highest BCUT2D eigenvalue weighted by molar-refractivity contribution is 5.87. The second-order valence-electron chi connectivity index (χ2n) is 10.5. The van der Waals surface area contributed by atoms with Gasteiger partial charge in [0, 0.05) is 28.3 Å². The van der Waals surface area contributed by atoms with Gasteiger partial charge in [0.25, 0.3) is 0 Å².